The van der Waals surface area contributed by atoms with E-state index >= 15 is 0 Å². The molecule has 0 bridgehead atoms. The number of anilines is 1. The van der Waals surface area contributed by atoms with Crippen LogP contribution < -0.4 is 4.72 Å². The predicted octanol–water partition coefficient (Wildman–Crippen LogP) is 1.82. The van der Waals surface area contributed by atoms with Crippen LogP contribution in [0.3, 0.4) is 0 Å². The Hall–Kier alpha value is -0.340. The normalized spacial score (nSPS) is 11.8. The Labute approximate surface area is 104 Å². The van der Waals surface area contributed by atoms with Crippen LogP contribution in [-0.2, 0) is 10.2 Å². The van der Waals surface area contributed by atoms with Gasteiger partial charge in [-0.1, -0.05) is 6.07 Å². The molecule has 0 amide bonds. The molecule has 84 valence electrons. The van der Waals surface area contributed by atoms with Crippen molar-refractivity contribution in [1.82, 2.24) is 4.31 Å². The van der Waals surface area contributed by atoms with Crippen LogP contribution in [0, 0.1) is 10.5 Å². The van der Waals surface area contributed by atoms with Crippen LogP contribution in [0.4, 0.5) is 5.69 Å². The van der Waals surface area contributed by atoms with E-state index in [2.05, 4.69) is 27.3 Å². The lowest BCUT2D eigenvalue weighted by atomic mass is 10.2. The first-order valence-corrected chi connectivity index (χ1v) is 6.81. The van der Waals surface area contributed by atoms with Crippen molar-refractivity contribution in [3.05, 3.63) is 27.3 Å². The van der Waals surface area contributed by atoms with E-state index in [4.69, 9.17) is 0 Å². The summed E-state index contributed by atoms with van der Waals surface area (Å²) in [5.41, 5.74) is 1.71. The predicted molar refractivity (Wildman–Crippen MR) is 70.1 cm³/mol. The molecule has 4 nitrogen and oxygen atoms in total. The summed E-state index contributed by atoms with van der Waals surface area (Å²) < 4.78 is 27.7. The van der Waals surface area contributed by atoms with Gasteiger partial charge in [-0.3, -0.25) is 4.72 Å². The van der Waals surface area contributed by atoms with E-state index in [-0.39, 0.29) is 0 Å². The fourth-order valence-electron chi connectivity index (χ4n) is 0.897. The molecule has 6 heteroatoms. The zero-order chi connectivity index (χ0) is 11.6. The van der Waals surface area contributed by atoms with E-state index in [1.54, 1.807) is 12.1 Å². The third-order valence-electron chi connectivity index (χ3n) is 1.90. The van der Waals surface area contributed by atoms with Crippen molar-refractivity contribution < 1.29 is 8.42 Å². The molecular formula is C9H13IN2O2S. The second kappa shape index (κ2) is 4.67. The number of nitrogens with one attached hydrogen (secondary N) is 1. The quantitative estimate of drug-likeness (QED) is 0.854. The molecule has 0 heterocycles. The first kappa shape index (κ1) is 12.7. The first-order valence-electron chi connectivity index (χ1n) is 4.29. The van der Waals surface area contributed by atoms with Crippen molar-refractivity contribution in [2.45, 2.75) is 6.92 Å². The summed E-state index contributed by atoms with van der Waals surface area (Å²) in [4.78, 5) is 0. The summed E-state index contributed by atoms with van der Waals surface area (Å²) in [6, 6.07) is 5.44. The van der Waals surface area contributed by atoms with Crippen molar-refractivity contribution in [3.63, 3.8) is 0 Å². The monoisotopic (exact) mass is 340 g/mol. The van der Waals surface area contributed by atoms with Gasteiger partial charge in [0.15, 0.2) is 0 Å². The van der Waals surface area contributed by atoms with Gasteiger partial charge in [-0.25, -0.2) is 0 Å². The van der Waals surface area contributed by atoms with Crippen molar-refractivity contribution >= 4 is 38.5 Å². The highest BCUT2D eigenvalue weighted by atomic mass is 127. The Bertz CT molecular complexity index is 457. The molecule has 0 spiro atoms. The maximum atomic E-state index is 11.5. The maximum absolute atomic E-state index is 11.5. The molecule has 0 aliphatic rings. The molecule has 0 aromatic heterocycles. The topological polar surface area (TPSA) is 49.4 Å². The molecule has 1 aromatic carbocycles. The van der Waals surface area contributed by atoms with Gasteiger partial charge in [0, 0.05) is 17.7 Å². The molecule has 1 N–H and O–H groups in total. The second-order valence-electron chi connectivity index (χ2n) is 3.35. The molecule has 15 heavy (non-hydrogen) atoms. The maximum Gasteiger partial charge on any atom is 0.301 e. The summed E-state index contributed by atoms with van der Waals surface area (Å²) in [7, 11) is -0.426. The summed E-state index contributed by atoms with van der Waals surface area (Å²) in [5.74, 6) is 0. The zero-order valence-corrected chi connectivity index (χ0v) is 11.8. The molecule has 1 aromatic rings. The molecule has 0 unspecified atom stereocenters. The number of benzene rings is 1. The van der Waals surface area contributed by atoms with Gasteiger partial charge in [-0.15, -0.1) is 0 Å². The number of nitrogens with zero attached hydrogens (tertiary/aromatic N) is 1. The highest BCUT2D eigenvalue weighted by Crippen LogP contribution is 2.18. The summed E-state index contributed by atoms with van der Waals surface area (Å²) >= 11 is 2.17. The second-order valence-corrected chi connectivity index (χ2v) is 6.40. The van der Waals surface area contributed by atoms with Crippen LogP contribution in [0.5, 0.6) is 0 Å². The largest absolute Gasteiger partial charge is 0.301 e. The third kappa shape index (κ3) is 3.32. The fraction of sp³-hybridized carbons (Fsp3) is 0.333. The van der Waals surface area contributed by atoms with Gasteiger partial charge in [-0.05, 0) is 47.2 Å². The number of hydrogen-bond acceptors (Lipinski definition) is 2. The lowest BCUT2D eigenvalue weighted by molar-refractivity contribution is 0.527. The van der Waals surface area contributed by atoms with E-state index in [1.165, 1.54) is 14.1 Å². The Kier molecular flexibility index (Phi) is 3.96. The van der Waals surface area contributed by atoms with E-state index < -0.39 is 10.2 Å². The smallest absolute Gasteiger partial charge is 0.271 e. The van der Waals surface area contributed by atoms with Crippen LogP contribution in [0.2, 0.25) is 0 Å². The van der Waals surface area contributed by atoms with Gasteiger partial charge in [0.1, 0.15) is 0 Å². The number of rotatable bonds is 3. The molecule has 0 saturated heterocycles. The van der Waals surface area contributed by atoms with Crippen LogP contribution in [0.25, 0.3) is 0 Å². The average molecular weight is 340 g/mol. The Morgan fingerprint density at radius 3 is 2.40 bits per heavy atom. The minimum Gasteiger partial charge on any atom is -0.271 e. The lowest BCUT2D eigenvalue weighted by Crippen LogP contribution is -2.28. The van der Waals surface area contributed by atoms with E-state index in [0.717, 1.165) is 13.4 Å². The van der Waals surface area contributed by atoms with Crippen LogP contribution in [0.1, 0.15) is 5.56 Å². The summed E-state index contributed by atoms with van der Waals surface area (Å²) in [6.07, 6.45) is 0. The Balaban J connectivity index is 2.96. The van der Waals surface area contributed by atoms with Crippen LogP contribution >= 0.6 is 22.6 Å². The third-order valence-corrected chi connectivity index (χ3v) is 4.52. The van der Waals surface area contributed by atoms with E-state index in [1.807, 2.05) is 13.0 Å². The van der Waals surface area contributed by atoms with Crippen molar-refractivity contribution in [3.8, 4) is 0 Å². The molecular weight excluding hydrogens is 327 g/mol. The van der Waals surface area contributed by atoms with Crippen molar-refractivity contribution in [2.75, 3.05) is 18.8 Å². The van der Waals surface area contributed by atoms with Gasteiger partial charge in [-0.2, -0.15) is 12.7 Å². The fourth-order valence-corrected chi connectivity index (χ4v) is 2.02. The minimum absolute atomic E-state index is 0.582. The van der Waals surface area contributed by atoms with Gasteiger partial charge < -0.3 is 0 Å². The Morgan fingerprint density at radius 1 is 1.33 bits per heavy atom. The lowest BCUT2D eigenvalue weighted by Gasteiger charge is -2.13. The number of halogens is 1. The SMILES string of the molecule is Cc1ccc(NS(=O)(=O)N(C)C)cc1I. The average Bonchev–Trinajstić information content (AvgIpc) is 2.10. The van der Waals surface area contributed by atoms with Gasteiger partial charge >= 0.3 is 10.2 Å². The van der Waals surface area contributed by atoms with Crippen LogP contribution in [-0.4, -0.2) is 26.8 Å². The number of aryl methyl sites for hydroxylation is 1. The van der Waals surface area contributed by atoms with Crippen molar-refractivity contribution in [1.29, 1.82) is 0 Å². The highest BCUT2D eigenvalue weighted by Gasteiger charge is 2.12. The van der Waals surface area contributed by atoms with Gasteiger partial charge in [0.25, 0.3) is 0 Å². The highest BCUT2D eigenvalue weighted by molar-refractivity contribution is 14.1. The Morgan fingerprint density at radius 2 is 1.93 bits per heavy atom. The minimum atomic E-state index is -3.40. The molecule has 0 radical (unpaired) electrons. The molecule has 0 atom stereocenters. The van der Waals surface area contributed by atoms with Gasteiger partial charge in [0.05, 0.1) is 5.69 Å². The molecule has 0 aliphatic heterocycles. The summed E-state index contributed by atoms with van der Waals surface area (Å²) in [5, 5.41) is 0. The van der Waals surface area contributed by atoms with E-state index in [9.17, 15) is 8.42 Å². The molecule has 0 saturated carbocycles. The standard InChI is InChI=1S/C9H13IN2O2S/c1-7-4-5-8(6-9(7)10)11-15(13,14)12(2)3/h4-6,11H,1-3H3. The van der Waals surface area contributed by atoms with Gasteiger partial charge in [0.2, 0.25) is 0 Å². The number of hydrogen-bond donors (Lipinski definition) is 1. The molecule has 0 aliphatic carbocycles. The molecule has 1 rings (SSSR count). The summed E-state index contributed by atoms with van der Waals surface area (Å²) in [6.45, 7) is 1.98. The molecule has 0 fully saturated rings. The first-order chi connectivity index (χ1) is 6.83. The van der Waals surface area contributed by atoms with E-state index in [0.29, 0.717) is 5.69 Å². The van der Waals surface area contributed by atoms with Crippen molar-refractivity contribution in [2.24, 2.45) is 0 Å². The van der Waals surface area contributed by atoms with Crippen LogP contribution in [0.15, 0.2) is 18.2 Å². The zero-order valence-electron chi connectivity index (χ0n) is 8.78.